The van der Waals surface area contributed by atoms with Crippen LogP contribution >= 0.6 is 15.9 Å². The Balaban J connectivity index is 1.83. The monoisotopic (exact) mass is 337 g/mol. The lowest BCUT2D eigenvalue weighted by Crippen LogP contribution is -2.25. The number of benzene rings is 1. The second-order valence-corrected chi connectivity index (χ2v) is 5.80. The molecular formula is C13H16BrN5O. The second kappa shape index (κ2) is 5.88. The molecule has 1 aromatic heterocycles. The minimum Gasteiger partial charge on any atom is -0.493 e. The van der Waals surface area contributed by atoms with Crippen molar-refractivity contribution in [1.82, 2.24) is 25.9 Å². The first-order chi connectivity index (χ1) is 9.74. The van der Waals surface area contributed by atoms with Crippen LogP contribution in [-0.4, -0.2) is 27.2 Å². The Bertz CT molecular complexity index is 574. The third-order valence-electron chi connectivity index (χ3n) is 3.45. The third kappa shape index (κ3) is 2.83. The molecule has 0 fully saturated rings. The van der Waals surface area contributed by atoms with Crippen molar-refractivity contribution < 1.29 is 4.74 Å². The number of aromatic amines is 1. The summed E-state index contributed by atoms with van der Waals surface area (Å²) in [6, 6.07) is 6.43. The van der Waals surface area contributed by atoms with E-state index >= 15 is 0 Å². The lowest BCUT2D eigenvalue weighted by atomic mass is 10.0. The van der Waals surface area contributed by atoms with Gasteiger partial charge in [0, 0.05) is 16.1 Å². The Morgan fingerprint density at radius 3 is 3.20 bits per heavy atom. The molecule has 1 aromatic carbocycles. The van der Waals surface area contributed by atoms with Crippen LogP contribution < -0.4 is 10.1 Å². The summed E-state index contributed by atoms with van der Waals surface area (Å²) in [6.07, 6.45) is 2.04. The summed E-state index contributed by atoms with van der Waals surface area (Å²) >= 11 is 3.49. The van der Waals surface area contributed by atoms with Gasteiger partial charge in [0.05, 0.1) is 12.6 Å². The molecule has 0 amide bonds. The highest BCUT2D eigenvalue weighted by atomic mass is 79.9. The Morgan fingerprint density at radius 2 is 2.40 bits per heavy atom. The third-order valence-corrected chi connectivity index (χ3v) is 3.94. The van der Waals surface area contributed by atoms with Crippen molar-refractivity contribution in [3.8, 4) is 5.75 Å². The summed E-state index contributed by atoms with van der Waals surface area (Å²) in [6.45, 7) is 2.79. The molecule has 0 bridgehead atoms. The topological polar surface area (TPSA) is 75.7 Å². The number of halogens is 1. The molecule has 20 heavy (non-hydrogen) atoms. The van der Waals surface area contributed by atoms with Crippen LogP contribution in [-0.2, 0) is 0 Å². The van der Waals surface area contributed by atoms with Gasteiger partial charge in [-0.2, -0.15) is 5.21 Å². The van der Waals surface area contributed by atoms with Crippen LogP contribution in [0.5, 0.6) is 5.75 Å². The average molecular weight is 338 g/mol. The highest BCUT2D eigenvalue weighted by Gasteiger charge is 2.23. The molecule has 1 aliphatic rings. The Kier molecular flexibility index (Phi) is 3.98. The largest absolute Gasteiger partial charge is 0.493 e. The van der Waals surface area contributed by atoms with Gasteiger partial charge < -0.3 is 10.1 Å². The molecule has 2 unspecified atom stereocenters. The molecule has 106 valence electrons. The van der Waals surface area contributed by atoms with Crippen LogP contribution in [0.3, 0.4) is 0 Å². The second-order valence-electron chi connectivity index (χ2n) is 4.88. The maximum absolute atomic E-state index is 5.81. The molecule has 2 aromatic rings. The zero-order valence-corrected chi connectivity index (χ0v) is 12.7. The van der Waals surface area contributed by atoms with Crippen molar-refractivity contribution in [2.75, 3.05) is 6.61 Å². The molecule has 3 rings (SSSR count). The molecule has 0 aliphatic carbocycles. The lowest BCUT2D eigenvalue weighted by Gasteiger charge is -2.21. The van der Waals surface area contributed by atoms with Crippen LogP contribution in [0.15, 0.2) is 22.7 Å². The zero-order valence-electron chi connectivity index (χ0n) is 11.1. The van der Waals surface area contributed by atoms with Crippen molar-refractivity contribution >= 4 is 15.9 Å². The number of H-pyrrole nitrogens is 1. The fourth-order valence-electron chi connectivity index (χ4n) is 2.45. The maximum atomic E-state index is 5.81. The van der Waals surface area contributed by atoms with Gasteiger partial charge in [0.1, 0.15) is 5.75 Å². The van der Waals surface area contributed by atoms with Crippen LogP contribution in [0.2, 0.25) is 0 Å². The predicted octanol–water partition coefficient (Wildman–Crippen LogP) is 2.53. The maximum Gasteiger partial charge on any atom is 0.191 e. The first kappa shape index (κ1) is 13.5. The summed E-state index contributed by atoms with van der Waals surface area (Å²) in [5.41, 5.74) is 1.18. The number of tetrazole rings is 1. The molecule has 0 saturated heterocycles. The van der Waals surface area contributed by atoms with E-state index in [0.29, 0.717) is 5.82 Å². The zero-order chi connectivity index (χ0) is 13.9. The number of hydrogen-bond donors (Lipinski definition) is 2. The van der Waals surface area contributed by atoms with E-state index in [2.05, 4.69) is 47.9 Å². The van der Waals surface area contributed by atoms with Crippen LogP contribution in [0.1, 0.15) is 43.2 Å². The first-order valence-electron chi connectivity index (χ1n) is 6.65. The van der Waals surface area contributed by atoms with Gasteiger partial charge in [0.15, 0.2) is 5.82 Å². The Hall–Kier alpha value is -1.47. The fourth-order valence-corrected chi connectivity index (χ4v) is 2.79. The van der Waals surface area contributed by atoms with Crippen molar-refractivity contribution in [1.29, 1.82) is 0 Å². The van der Waals surface area contributed by atoms with E-state index in [9.17, 15) is 0 Å². The molecule has 6 nitrogen and oxygen atoms in total. The van der Waals surface area contributed by atoms with Crippen LogP contribution in [0, 0.1) is 0 Å². The van der Waals surface area contributed by atoms with Gasteiger partial charge in [-0.3, -0.25) is 0 Å². The minimum atomic E-state index is 0.0355. The van der Waals surface area contributed by atoms with E-state index in [1.807, 2.05) is 19.1 Å². The molecule has 2 N–H and O–H groups in total. The standard InChI is InChI=1S/C13H16BrN5O/c1-8(13-16-18-19-17-13)15-11-3-2-6-20-12-7-9(14)4-5-10(11)12/h4-5,7-8,11,15H,2-3,6H2,1H3,(H,16,17,18,19). The summed E-state index contributed by atoms with van der Waals surface area (Å²) < 4.78 is 6.84. The van der Waals surface area contributed by atoms with E-state index in [0.717, 1.165) is 29.7 Å². The van der Waals surface area contributed by atoms with Gasteiger partial charge in [0.25, 0.3) is 0 Å². The van der Waals surface area contributed by atoms with E-state index in [1.165, 1.54) is 5.56 Å². The van der Waals surface area contributed by atoms with E-state index in [4.69, 9.17) is 4.74 Å². The summed E-state index contributed by atoms with van der Waals surface area (Å²) in [4.78, 5) is 0. The lowest BCUT2D eigenvalue weighted by molar-refractivity contribution is 0.314. The molecule has 7 heteroatoms. The molecule has 0 spiro atoms. The van der Waals surface area contributed by atoms with Crippen LogP contribution in [0.4, 0.5) is 0 Å². The average Bonchev–Trinajstić information content (AvgIpc) is 2.90. The smallest absolute Gasteiger partial charge is 0.191 e. The fraction of sp³-hybridized carbons (Fsp3) is 0.462. The van der Waals surface area contributed by atoms with Gasteiger partial charge in [-0.1, -0.05) is 27.2 Å². The van der Waals surface area contributed by atoms with E-state index in [-0.39, 0.29) is 12.1 Å². The number of nitrogens with zero attached hydrogens (tertiary/aromatic N) is 3. The number of hydrogen-bond acceptors (Lipinski definition) is 5. The molecule has 1 aliphatic heterocycles. The van der Waals surface area contributed by atoms with Gasteiger partial charge in [-0.15, -0.1) is 10.2 Å². The molecular weight excluding hydrogens is 322 g/mol. The van der Waals surface area contributed by atoms with Gasteiger partial charge in [-0.25, -0.2) is 0 Å². The van der Waals surface area contributed by atoms with Crippen LogP contribution in [0.25, 0.3) is 0 Å². The molecule has 0 radical (unpaired) electrons. The number of nitrogens with one attached hydrogen (secondary N) is 2. The van der Waals surface area contributed by atoms with Crippen molar-refractivity contribution in [2.45, 2.75) is 31.8 Å². The highest BCUT2D eigenvalue weighted by molar-refractivity contribution is 9.10. The predicted molar refractivity (Wildman–Crippen MR) is 77.3 cm³/mol. The van der Waals surface area contributed by atoms with E-state index < -0.39 is 0 Å². The normalized spacial score (nSPS) is 19.8. The number of ether oxygens (including phenoxy) is 1. The first-order valence-corrected chi connectivity index (χ1v) is 7.45. The number of aromatic nitrogens is 4. The number of rotatable bonds is 3. The quantitative estimate of drug-likeness (QED) is 0.899. The Labute approximate surface area is 125 Å². The Morgan fingerprint density at radius 1 is 1.50 bits per heavy atom. The SMILES string of the molecule is CC(NC1CCCOc2cc(Br)ccc21)c1nn[nH]n1. The van der Waals surface area contributed by atoms with E-state index in [1.54, 1.807) is 0 Å². The van der Waals surface area contributed by atoms with Crippen molar-refractivity contribution in [3.63, 3.8) is 0 Å². The summed E-state index contributed by atoms with van der Waals surface area (Å²) in [5, 5.41) is 17.7. The van der Waals surface area contributed by atoms with Crippen molar-refractivity contribution in [3.05, 3.63) is 34.1 Å². The number of fused-ring (bicyclic) bond motifs is 1. The summed E-state index contributed by atoms with van der Waals surface area (Å²) in [7, 11) is 0. The minimum absolute atomic E-state index is 0.0355. The summed E-state index contributed by atoms with van der Waals surface area (Å²) in [5.74, 6) is 1.61. The molecule has 0 saturated carbocycles. The van der Waals surface area contributed by atoms with Gasteiger partial charge in [-0.05, 0) is 31.9 Å². The van der Waals surface area contributed by atoms with Gasteiger partial charge >= 0.3 is 0 Å². The highest BCUT2D eigenvalue weighted by Crippen LogP contribution is 2.34. The molecule has 2 atom stereocenters. The van der Waals surface area contributed by atoms with Gasteiger partial charge in [0.2, 0.25) is 0 Å². The molecule has 2 heterocycles. The van der Waals surface area contributed by atoms with Crippen molar-refractivity contribution in [2.24, 2.45) is 0 Å².